The fourth-order valence-electron chi connectivity index (χ4n) is 2.18. The Labute approximate surface area is 167 Å². The summed E-state index contributed by atoms with van der Waals surface area (Å²) in [5, 5.41) is 7.81. The van der Waals surface area contributed by atoms with E-state index in [9.17, 15) is 4.79 Å². The van der Waals surface area contributed by atoms with Crippen LogP contribution in [0.5, 0.6) is 0 Å². The molecule has 2 aromatic rings. The van der Waals surface area contributed by atoms with Gasteiger partial charge in [-0.1, -0.05) is 6.07 Å². The predicted octanol–water partition coefficient (Wildman–Crippen LogP) is 1.37. The zero-order valence-electron chi connectivity index (χ0n) is 15.7. The third-order valence-electron chi connectivity index (χ3n) is 3.61. The first-order valence-electron chi connectivity index (χ1n) is 8.41. The van der Waals surface area contributed by atoms with Crippen LogP contribution in [0.2, 0.25) is 0 Å². The van der Waals surface area contributed by atoms with Gasteiger partial charge in [-0.3, -0.25) is 9.79 Å². The quantitative estimate of drug-likeness (QED) is 0.393. The average molecular weight is 398 g/mol. The number of nitrogens with two attached hydrogens (primary N) is 2. The number of carbonyl (C=O) groups is 1. The van der Waals surface area contributed by atoms with Crippen molar-refractivity contribution in [2.24, 2.45) is 16.5 Å². The van der Waals surface area contributed by atoms with Crippen LogP contribution in [0.15, 0.2) is 58.9 Å². The molecule has 2 rings (SSSR count). The second kappa shape index (κ2) is 10.6. The third kappa shape index (κ3) is 5.78. The number of nitrogens with one attached hydrogen (secondary N) is 2. The van der Waals surface area contributed by atoms with E-state index in [2.05, 4.69) is 25.6 Å². The molecule has 0 aliphatic rings. The van der Waals surface area contributed by atoms with Crippen molar-refractivity contribution in [3.63, 3.8) is 0 Å². The van der Waals surface area contributed by atoms with Gasteiger partial charge in [0.25, 0.3) is 5.91 Å². The molecule has 28 heavy (non-hydrogen) atoms. The number of thiophene rings is 1. The molecule has 0 unspecified atom stereocenters. The van der Waals surface area contributed by atoms with Gasteiger partial charge in [0.15, 0.2) is 0 Å². The molecule has 0 saturated carbocycles. The summed E-state index contributed by atoms with van der Waals surface area (Å²) in [5.74, 6) is -0.368. The predicted molar refractivity (Wildman–Crippen MR) is 115 cm³/mol. The summed E-state index contributed by atoms with van der Waals surface area (Å²) in [7, 11) is 3.48. The normalized spacial score (nSPS) is 13.0. The highest BCUT2D eigenvalue weighted by Crippen LogP contribution is 2.17. The maximum absolute atomic E-state index is 12.2. The van der Waals surface area contributed by atoms with Crippen molar-refractivity contribution in [2.45, 2.75) is 0 Å². The third-order valence-corrected chi connectivity index (χ3v) is 4.51. The number of aromatic nitrogens is 2. The van der Waals surface area contributed by atoms with Crippen molar-refractivity contribution >= 4 is 34.7 Å². The summed E-state index contributed by atoms with van der Waals surface area (Å²) in [6.45, 7) is 0.179. The number of hydrogen-bond donors (Lipinski definition) is 4. The number of aliphatic imine (C=N–C) groups is 1. The minimum atomic E-state index is -0.415. The summed E-state index contributed by atoms with van der Waals surface area (Å²) >= 11 is 1.62. The van der Waals surface area contributed by atoms with Crippen LogP contribution in [0.25, 0.3) is 11.3 Å². The molecule has 8 nitrogen and oxygen atoms in total. The van der Waals surface area contributed by atoms with E-state index in [0.29, 0.717) is 16.8 Å². The first kappa shape index (κ1) is 20.8. The molecule has 0 radical (unpaired) electrons. The SMILES string of the molecule is CN=CC(=CN)c1cnc(C(=O)NC/C(N)=C\C=C(/NC)c2cccs2)nc1. The highest BCUT2D eigenvalue weighted by molar-refractivity contribution is 7.11. The minimum Gasteiger partial charge on any atom is -0.404 e. The summed E-state index contributed by atoms with van der Waals surface area (Å²) in [5.41, 5.74) is 14.3. The smallest absolute Gasteiger partial charge is 0.289 e. The van der Waals surface area contributed by atoms with Crippen LogP contribution in [0.1, 0.15) is 21.1 Å². The fraction of sp³-hybridized carbons (Fsp3) is 0.158. The molecule has 0 atom stereocenters. The van der Waals surface area contributed by atoms with E-state index in [-0.39, 0.29) is 12.4 Å². The lowest BCUT2D eigenvalue weighted by molar-refractivity contribution is 0.0946. The first-order valence-corrected chi connectivity index (χ1v) is 9.29. The van der Waals surface area contributed by atoms with Crippen LogP contribution in [0.4, 0.5) is 0 Å². The molecule has 0 aliphatic heterocycles. The zero-order valence-corrected chi connectivity index (χ0v) is 16.5. The Hall–Kier alpha value is -3.46. The van der Waals surface area contributed by atoms with Crippen molar-refractivity contribution in [2.75, 3.05) is 20.6 Å². The average Bonchev–Trinajstić information content (AvgIpc) is 3.25. The largest absolute Gasteiger partial charge is 0.404 e. The number of nitrogens with zero attached hydrogens (tertiary/aromatic N) is 3. The first-order chi connectivity index (χ1) is 13.6. The lowest BCUT2D eigenvalue weighted by Crippen LogP contribution is -2.29. The van der Waals surface area contributed by atoms with E-state index in [1.807, 2.05) is 30.6 Å². The van der Waals surface area contributed by atoms with Crippen LogP contribution in [0, 0.1) is 0 Å². The van der Waals surface area contributed by atoms with Gasteiger partial charge in [0, 0.05) is 55.7 Å². The van der Waals surface area contributed by atoms with Gasteiger partial charge in [-0.2, -0.15) is 0 Å². The Bertz CT molecular complexity index is 897. The molecule has 0 bridgehead atoms. The Morgan fingerprint density at radius 1 is 1.32 bits per heavy atom. The zero-order chi connectivity index (χ0) is 20.4. The Balaban J connectivity index is 1.97. The number of carbonyl (C=O) groups excluding carboxylic acids is 1. The van der Waals surface area contributed by atoms with E-state index >= 15 is 0 Å². The number of amides is 1. The molecule has 9 heteroatoms. The van der Waals surface area contributed by atoms with E-state index in [4.69, 9.17) is 11.5 Å². The monoisotopic (exact) mass is 397 g/mol. The van der Waals surface area contributed by atoms with E-state index in [0.717, 1.165) is 10.6 Å². The molecule has 6 N–H and O–H groups in total. The second-order valence-corrected chi connectivity index (χ2v) is 6.48. The molecule has 0 saturated heterocycles. The lowest BCUT2D eigenvalue weighted by atomic mass is 10.2. The van der Waals surface area contributed by atoms with Gasteiger partial charge in [-0.25, -0.2) is 9.97 Å². The molecule has 0 spiro atoms. The van der Waals surface area contributed by atoms with Crippen molar-refractivity contribution in [1.82, 2.24) is 20.6 Å². The number of hydrogen-bond acceptors (Lipinski definition) is 8. The van der Waals surface area contributed by atoms with Crippen LogP contribution in [0.3, 0.4) is 0 Å². The fourth-order valence-corrected chi connectivity index (χ4v) is 2.94. The Morgan fingerprint density at radius 2 is 2.07 bits per heavy atom. The van der Waals surface area contributed by atoms with Gasteiger partial charge >= 0.3 is 0 Å². The molecule has 0 aliphatic carbocycles. The van der Waals surface area contributed by atoms with Gasteiger partial charge in [-0.15, -0.1) is 11.3 Å². The van der Waals surface area contributed by atoms with E-state index in [1.165, 1.54) is 18.6 Å². The van der Waals surface area contributed by atoms with Crippen LogP contribution >= 0.6 is 11.3 Å². The highest BCUT2D eigenvalue weighted by atomic mass is 32.1. The summed E-state index contributed by atoms with van der Waals surface area (Å²) in [4.78, 5) is 25.3. The second-order valence-electron chi connectivity index (χ2n) is 5.54. The molecule has 0 aromatic carbocycles. The Kier molecular flexibility index (Phi) is 7.92. The van der Waals surface area contributed by atoms with Crippen LogP contribution in [-0.4, -0.2) is 42.7 Å². The highest BCUT2D eigenvalue weighted by Gasteiger charge is 2.09. The van der Waals surface area contributed by atoms with Crippen LogP contribution in [-0.2, 0) is 0 Å². The van der Waals surface area contributed by atoms with Crippen molar-refractivity contribution in [3.05, 3.63) is 70.2 Å². The molecular formula is C19H23N7OS. The maximum atomic E-state index is 12.2. The van der Waals surface area contributed by atoms with Gasteiger partial charge < -0.3 is 22.1 Å². The summed E-state index contributed by atoms with van der Waals surface area (Å²) < 4.78 is 0. The molecule has 1 amide bonds. The molecule has 0 fully saturated rings. The van der Waals surface area contributed by atoms with Gasteiger partial charge in [0.1, 0.15) is 0 Å². The molecule has 146 valence electrons. The summed E-state index contributed by atoms with van der Waals surface area (Å²) in [6.07, 6.45) is 9.65. The lowest BCUT2D eigenvalue weighted by Gasteiger charge is -2.06. The molecule has 2 aromatic heterocycles. The Morgan fingerprint density at radius 3 is 2.64 bits per heavy atom. The van der Waals surface area contributed by atoms with E-state index in [1.54, 1.807) is 30.7 Å². The van der Waals surface area contributed by atoms with Gasteiger partial charge in [0.2, 0.25) is 5.82 Å². The minimum absolute atomic E-state index is 0.0476. The number of allylic oxidation sites excluding steroid dienone is 3. The van der Waals surface area contributed by atoms with Crippen molar-refractivity contribution < 1.29 is 4.79 Å². The maximum Gasteiger partial charge on any atom is 0.289 e. The van der Waals surface area contributed by atoms with E-state index < -0.39 is 5.91 Å². The summed E-state index contributed by atoms with van der Waals surface area (Å²) in [6, 6.07) is 3.99. The van der Waals surface area contributed by atoms with Crippen molar-refractivity contribution in [1.29, 1.82) is 0 Å². The number of rotatable bonds is 8. The standard InChI is InChI=1S/C19H23N7OS/c1-22-9-13(8-20)14-10-24-18(25-11-14)19(27)26-12-15(21)5-6-16(23-2)17-4-3-7-28-17/h3-11,23H,12,20-21H2,1-2H3,(H,26,27)/b13-8?,15-5+,16-6-,22-9?. The molecular weight excluding hydrogens is 374 g/mol. The van der Waals surface area contributed by atoms with Gasteiger partial charge in [0.05, 0.1) is 17.1 Å². The van der Waals surface area contributed by atoms with Crippen LogP contribution < -0.4 is 22.1 Å². The van der Waals surface area contributed by atoms with Gasteiger partial charge in [-0.05, 0) is 23.6 Å². The topological polar surface area (TPSA) is 131 Å². The van der Waals surface area contributed by atoms with Crippen molar-refractivity contribution in [3.8, 4) is 0 Å². The molecule has 2 heterocycles.